The number of nitrogens with one attached hydrogen (secondary N) is 1. The maximum atomic E-state index is 11.1. The predicted octanol–water partition coefficient (Wildman–Crippen LogP) is 0.173. The smallest absolute Gasteiger partial charge is 0.151 e. The first-order valence-corrected chi connectivity index (χ1v) is 5.90. The lowest BCUT2D eigenvalue weighted by atomic mass is 10.3. The largest absolute Gasteiger partial charge is 0.313 e. The van der Waals surface area contributed by atoms with Crippen LogP contribution in [0.5, 0.6) is 0 Å². The summed E-state index contributed by atoms with van der Waals surface area (Å²) in [4.78, 5) is 0. The second-order valence-corrected chi connectivity index (χ2v) is 5.39. The van der Waals surface area contributed by atoms with Crippen LogP contribution >= 0.6 is 0 Å². The molecule has 1 fully saturated rings. The average Bonchev–Trinajstić information content (AvgIpc) is 2.39. The Bertz CT molecular complexity index is 204. The summed E-state index contributed by atoms with van der Waals surface area (Å²) >= 11 is 0. The van der Waals surface area contributed by atoms with E-state index in [1.165, 1.54) is 0 Å². The highest BCUT2D eigenvalue weighted by Crippen LogP contribution is 2.07. The van der Waals surface area contributed by atoms with Gasteiger partial charge in [-0.25, -0.2) is 8.42 Å². The lowest BCUT2D eigenvalue weighted by Crippen LogP contribution is -2.30. The van der Waals surface area contributed by atoms with Gasteiger partial charge in [-0.05, 0) is 19.4 Å². The van der Waals surface area contributed by atoms with Gasteiger partial charge in [0.15, 0.2) is 9.84 Å². The Morgan fingerprint density at radius 3 is 2.73 bits per heavy atom. The summed E-state index contributed by atoms with van der Waals surface area (Å²) in [5.41, 5.74) is 0. The van der Waals surface area contributed by atoms with Crippen LogP contribution in [0, 0.1) is 0 Å². The Kier molecular flexibility index (Phi) is 2.90. The van der Waals surface area contributed by atoms with Gasteiger partial charge in [-0.15, -0.1) is 0 Å². The van der Waals surface area contributed by atoms with Crippen LogP contribution in [-0.4, -0.2) is 32.5 Å². The van der Waals surface area contributed by atoms with Gasteiger partial charge in [-0.3, -0.25) is 0 Å². The van der Waals surface area contributed by atoms with Crippen molar-refractivity contribution in [2.24, 2.45) is 0 Å². The highest BCUT2D eigenvalue weighted by atomic mass is 32.2. The molecule has 1 N–H and O–H groups in total. The van der Waals surface area contributed by atoms with Crippen molar-refractivity contribution in [1.82, 2.24) is 5.32 Å². The van der Waals surface area contributed by atoms with E-state index in [2.05, 4.69) is 5.32 Å². The van der Waals surface area contributed by atoms with Crippen molar-refractivity contribution in [1.29, 1.82) is 0 Å². The second-order valence-electron chi connectivity index (χ2n) is 2.99. The van der Waals surface area contributed by atoms with Crippen molar-refractivity contribution in [3.8, 4) is 0 Å². The fourth-order valence-electron chi connectivity index (χ4n) is 1.32. The summed E-state index contributed by atoms with van der Waals surface area (Å²) in [6, 6.07) is 0.222. The van der Waals surface area contributed by atoms with Gasteiger partial charge >= 0.3 is 0 Å². The number of hydrogen-bond acceptors (Lipinski definition) is 3. The first-order valence-electron chi connectivity index (χ1n) is 4.08. The molecule has 0 aromatic heterocycles. The zero-order valence-corrected chi connectivity index (χ0v) is 7.65. The van der Waals surface area contributed by atoms with Crippen molar-refractivity contribution in [3.05, 3.63) is 0 Å². The van der Waals surface area contributed by atoms with E-state index in [9.17, 15) is 8.42 Å². The van der Waals surface area contributed by atoms with E-state index in [-0.39, 0.29) is 11.8 Å². The molecule has 11 heavy (non-hydrogen) atoms. The molecule has 0 aliphatic carbocycles. The Morgan fingerprint density at radius 2 is 2.27 bits per heavy atom. The molecular formula is C7H15NO2S. The molecule has 0 amide bonds. The Labute approximate surface area is 68.1 Å². The molecule has 1 aliphatic heterocycles. The molecule has 0 spiro atoms. The molecule has 66 valence electrons. The molecule has 4 heteroatoms. The van der Waals surface area contributed by atoms with E-state index >= 15 is 0 Å². The van der Waals surface area contributed by atoms with Crippen molar-refractivity contribution < 1.29 is 8.42 Å². The molecular weight excluding hydrogens is 162 g/mol. The third-order valence-corrected chi connectivity index (χ3v) is 3.85. The van der Waals surface area contributed by atoms with E-state index < -0.39 is 9.84 Å². The minimum Gasteiger partial charge on any atom is -0.313 e. The Hall–Kier alpha value is -0.0900. The molecule has 0 aromatic carbocycles. The van der Waals surface area contributed by atoms with Crippen LogP contribution < -0.4 is 5.32 Å². The van der Waals surface area contributed by atoms with E-state index in [0.29, 0.717) is 5.75 Å². The highest BCUT2D eigenvalue weighted by molar-refractivity contribution is 7.91. The van der Waals surface area contributed by atoms with Crippen molar-refractivity contribution in [3.63, 3.8) is 0 Å². The third-order valence-electron chi connectivity index (χ3n) is 2.06. The normalized spacial score (nSPS) is 25.7. The highest BCUT2D eigenvalue weighted by Gasteiger charge is 2.20. The van der Waals surface area contributed by atoms with Crippen molar-refractivity contribution >= 4 is 9.84 Å². The SMILES string of the molecule is CCS(=O)(=O)CC1CCCN1. The van der Waals surface area contributed by atoms with E-state index in [4.69, 9.17) is 0 Å². The standard InChI is InChI=1S/C7H15NO2S/c1-2-11(9,10)6-7-4-3-5-8-7/h7-8H,2-6H2,1H3. The number of hydrogen-bond donors (Lipinski definition) is 1. The van der Waals surface area contributed by atoms with Crippen LogP contribution in [0.1, 0.15) is 19.8 Å². The predicted molar refractivity (Wildman–Crippen MR) is 45.4 cm³/mol. The molecule has 1 aliphatic rings. The molecule has 3 nitrogen and oxygen atoms in total. The van der Waals surface area contributed by atoms with Crippen molar-refractivity contribution in [2.75, 3.05) is 18.1 Å². The van der Waals surface area contributed by atoms with Crippen LogP contribution in [0.15, 0.2) is 0 Å². The molecule has 0 radical (unpaired) electrons. The second kappa shape index (κ2) is 3.54. The molecule has 1 unspecified atom stereocenters. The minimum absolute atomic E-state index is 0.222. The first-order chi connectivity index (χ1) is 5.14. The lowest BCUT2D eigenvalue weighted by molar-refractivity contribution is 0.578. The fourth-order valence-corrected chi connectivity index (χ4v) is 2.46. The molecule has 1 saturated heterocycles. The topological polar surface area (TPSA) is 46.2 Å². The summed E-state index contributed by atoms with van der Waals surface area (Å²) in [6.07, 6.45) is 2.13. The van der Waals surface area contributed by atoms with E-state index in [0.717, 1.165) is 19.4 Å². The van der Waals surface area contributed by atoms with Crippen LogP contribution in [0.4, 0.5) is 0 Å². The average molecular weight is 177 g/mol. The summed E-state index contributed by atoms with van der Waals surface area (Å²) in [6.45, 7) is 2.67. The third kappa shape index (κ3) is 2.79. The zero-order chi connectivity index (χ0) is 8.32. The summed E-state index contributed by atoms with van der Waals surface area (Å²) in [5.74, 6) is 0.592. The van der Waals surface area contributed by atoms with Gasteiger partial charge in [0.2, 0.25) is 0 Å². The van der Waals surface area contributed by atoms with Crippen LogP contribution in [0.3, 0.4) is 0 Å². The molecule has 1 rings (SSSR count). The van der Waals surface area contributed by atoms with Gasteiger partial charge in [-0.1, -0.05) is 6.92 Å². The first kappa shape index (κ1) is 9.00. The van der Waals surface area contributed by atoms with Gasteiger partial charge in [0.05, 0.1) is 5.75 Å². The molecule has 1 heterocycles. The summed E-state index contributed by atoms with van der Waals surface area (Å²) in [5, 5.41) is 3.17. The zero-order valence-electron chi connectivity index (χ0n) is 6.84. The maximum Gasteiger partial charge on any atom is 0.151 e. The minimum atomic E-state index is -2.77. The van der Waals surface area contributed by atoms with Gasteiger partial charge in [0.1, 0.15) is 0 Å². The van der Waals surface area contributed by atoms with Gasteiger partial charge in [0, 0.05) is 11.8 Å². The molecule has 1 atom stereocenters. The maximum absolute atomic E-state index is 11.1. The van der Waals surface area contributed by atoms with Crippen LogP contribution in [-0.2, 0) is 9.84 Å². The van der Waals surface area contributed by atoms with Crippen LogP contribution in [0.25, 0.3) is 0 Å². The quantitative estimate of drug-likeness (QED) is 0.668. The number of sulfone groups is 1. The molecule has 0 bridgehead atoms. The Morgan fingerprint density at radius 1 is 1.55 bits per heavy atom. The van der Waals surface area contributed by atoms with Crippen molar-refractivity contribution in [2.45, 2.75) is 25.8 Å². The van der Waals surface area contributed by atoms with Gasteiger partial charge < -0.3 is 5.32 Å². The number of rotatable bonds is 3. The lowest BCUT2D eigenvalue weighted by Gasteiger charge is -2.08. The van der Waals surface area contributed by atoms with Gasteiger partial charge in [-0.2, -0.15) is 0 Å². The van der Waals surface area contributed by atoms with Gasteiger partial charge in [0.25, 0.3) is 0 Å². The molecule has 0 saturated carbocycles. The molecule has 0 aromatic rings. The summed E-state index contributed by atoms with van der Waals surface area (Å²) < 4.78 is 22.2. The van der Waals surface area contributed by atoms with E-state index in [1.54, 1.807) is 6.92 Å². The van der Waals surface area contributed by atoms with E-state index in [1.807, 2.05) is 0 Å². The van der Waals surface area contributed by atoms with Crippen LogP contribution in [0.2, 0.25) is 0 Å². The Balaban J connectivity index is 2.41. The fraction of sp³-hybridized carbons (Fsp3) is 1.00. The monoisotopic (exact) mass is 177 g/mol. The summed E-state index contributed by atoms with van der Waals surface area (Å²) in [7, 11) is -2.77.